The van der Waals surface area contributed by atoms with Crippen LogP contribution in [-0.4, -0.2) is 62.1 Å². The first kappa shape index (κ1) is 19.4. The van der Waals surface area contributed by atoms with E-state index in [9.17, 15) is 9.59 Å². The van der Waals surface area contributed by atoms with Gasteiger partial charge in [0.2, 0.25) is 5.91 Å². The van der Waals surface area contributed by atoms with Crippen LogP contribution in [0, 0.1) is 12.8 Å². The van der Waals surface area contributed by atoms with Crippen molar-refractivity contribution in [3.63, 3.8) is 0 Å². The van der Waals surface area contributed by atoms with E-state index in [-0.39, 0.29) is 24.5 Å². The number of amides is 2. The van der Waals surface area contributed by atoms with Crippen LogP contribution >= 0.6 is 0 Å². The summed E-state index contributed by atoms with van der Waals surface area (Å²) in [4.78, 5) is 26.3. The van der Waals surface area contributed by atoms with Crippen molar-refractivity contribution >= 4 is 11.8 Å². The number of nitrogens with zero attached hydrogens (tertiary/aromatic N) is 1. The second-order valence-electron chi connectivity index (χ2n) is 7.00. The highest BCUT2D eigenvalue weighted by Gasteiger charge is 2.21. The fourth-order valence-electron chi connectivity index (χ4n) is 2.93. The molecule has 0 radical (unpaired) electrons. The Hall–Kier alpha value is -1.92. The van der Waals surface area contributed by atoms with E-state index in [0.29, 0.717) is 24.6 Å². The van der Waals surface area contributed by atoms with E-state index in [1.807, 2.05) is 19.1 Å². The summed E-state index contributed by atoms with van der Waals surface area (Å²) in [6.45, 7) is 10.3. The average Bonchev–Trinajstić information content (AvgIpc) is 2.57. The Kier molecular flexibility index (Phi) is 7.40. The van der Waals surface area contributed by atoms with Crippen LogP contribution in [0.3, 0.4) is 0 Å². The number of hydrogen-bond acceptors (Lipinski definition) is 4. The van der Waals surface area contributed by atoms with Gasteiger partial charge in [0.15, 0.2) is 0 Å². The summed E-state index contributed by atoms with van der Waals surface area (Å²) in [5.41, 5.74) is 1.57. The fraction of sp³-hybridized carbons (Fsp3) is 0.579. The third-order valence-electron chi connectivity index (χ3n) is 4.06. The lowest BCUT2D eigenvalue weighted by molar-refractivity contribution is -0.121. The molecule has 1 saturated heterocycles. The highest BCUT2D eigenvalue weighted by Crippen LogP contribution is 2.07. The Balaban J connectivity index is 1.69. The number of hydrogen-bond donors (Lipinski definition) is 2. The largest absolute Gasteiger partial charge is 0.374 e. The zero-order valence-electron chi connectivity index (χ0n) is 15.4. The molecule has 0 spiro atoms. The second kappa shape index (κ2) is 9.53. The molecule has 1 heterocycles. The SMILES string of the molecule is Cc1cccc(C(=O)NCC(=O)NCC2CN(CC(C)C)CCO2)c1. The molecular weight excluding hydrogens is 318 g/mol. The van der Waals surface area contributed by atoms with Gasteiger partial charge in [0.25, 0.3) is 5.91 Å². The molecule has 1 aromatic rings. The number of nitrogens with one attached hydrogen (secondary N) is 2. The molecule has 25 heavy (non-hydrogen) atoms. The normalized spacial score (nSPS) is 18.2. The van der Waals surface area contributed by atoms with E-state index in [1.54, 1.807) is 12.1 Å². The van der Waals surface area contributed by atoms with E-state index in [0.717, 1.165) is 25.2 Å². The topological polar surface area (TPSA) is 70.7 Å². The minimum Gasteiger partial charge on any atom is -0.374 e. The standard InChI is InChI=1S/C19H29N3O3/c1-14(2)12-22-7-8-25-17(13-22)10-20-18(23)11-21-19(24)16-6-4-5-15(3)9-16/h4-6,9,14,17H,7-8,10-13H2,1-3H3,(H,20,23)(H,21,24). The minimum absolute atomic E-state index is 0.00363. The van der Waals surface area contributed by atoms with Crippen LogP contribution in [0.15, 0.2) is 24.3 Å². The highest BCUT2D eigenvalue weighted by molar-refractivity contribution is 5.96. The van der Waals surface area contributed by atoms with Crippen molar-refractivity contribution in [1.29, 1.82) is 0 Å². The van der Waals surface area contributed by atoms with Gasteiger partial charge in [0, 0.05) is 31.7 Å². The molecule has 0 aliphatic carbocycles. The summed E-state index contributed by atoms with van der Waals surface area (Å²) < 4.78 is 5.70. The maximum atomic E-state index is 12.0. The van der Waals surface area contributed by atoms with Gasteiger partial charge in [0.05, 0.1) is 19.3 Å². The zero-order chi connectivity index (χ0) is 18.2. The number of aryl methyl sites for hydroxylation is 1. The molecule has 1 unspecified atom stereocenters. The van der Waals surface area contributed by atoms with E-state index >= 15 is 0 Å². The van der Waals surface area contributed by atoms with Gasteiger partial charge in [-0.3, -0.25) is 14.5 Å². The number of ether oxygens (including phenoxy) is 1. The molecule has 1 atom stereocenters. The average molecular weight is 347 g/mol. The number of rotatable bonds is 7. The van der Waals surface area contributed by atoms with Crippen molar-refractivity contribution in [2.24, 2.45) is 5.92 Å². The Bertz CT molecular complexity index is 589. The molecule has 1 aliphatic heterocycles. The molecule has 2 N–H and O–H groups in total. The summed E-state index contributed by atoms with van der Waals surface area (Å²) in [5, 5.41) is 5.49. The van der Waals surface area contributed by atoms with E-state index in [1.165, 1.54) is 0 Å². The molecule has 1 aromatic carbocycles. The molecule has 6 nitrogen and oxygen atoms in total. The van der Waals surface area contributed by atoms with Crippen LogP contribution in [0.4, 0.5) is 0 Å². The zero-order valence-corrected chi connectivity index (χ0v) is 15.4. The Morgan fingerprint density at radius 1 is 1.32 bits per heavy atom. The van der Waals surface area contributed by atoms with Crippen molar-refractivity contribution in [3.8, 4) is 0 Å². The van der Waals surface area contributed by atoms with E-state index in [2.05, 4.69) is 29.4 Å². The highest BCUT2D eigenvalue weighted by atomic mass is 16.5. The minimum atomic E-state index is -0.240. The van der Waals surface area contributed by atoms with Crippen molar-refractivity contribution < 1.29 is 14.3 Å². The summed E-state index contributed by atoms with van der Waals surface area (Å²) in [6, 6.07) is 7.29. The van der Waals surface area contributed by atoms with Gasteiger partial charge in [-0.05, 0) is 25.0 Å². The predicted octanol–water partition coefficient (Wildman–Crippen LogP) is 1.20. The predicted molar refractivity (Wildman–Crippen MR) is 97.5 cm³/mol. The number of benzene rings is 1. The maximum absolute atomic E-state index is 12.0. The lowest BCUT2D eigenvalue weighted by atomic mass is 10.1. The lowest BCUT2D eigenvalue weighted by Crippen LogP contribution is -2.49. The first-order valence-corrected chi connectivity index (χ1v) is 8.89. The van der Waals surface area contributed by atoms with Crippen LogP contribution < -0.4 is 10.6 Å². The molecule has 6 heteroatoms. The van der Waals surface area contributed by atoms with E-state index in [4.69, 9.17) is 4.74 Å². The monoisotopic (exact) mass is 347 g/mol. The van der Waals surface area contributed by atoms with Gasteiger partial charge in [-0.25, -0.2) is 0 Å². The van der Waals surface area contributed by atoms with Crippen LogP contribution in [0.5, 0.6) is 0 Å². The van der Waals surface area contributed by atoms with Gasteiger partial charge in [0.1, 0.15) is 0 Å². The third-order valence-corrected chi connectivity index (χ3v) is 4.06. The summed E-state index contributed by atoms with van der Waals surface area (Å²) in [5.74, 6) is 0.173. The molecule has 2 amide bonds. The first-order valence-electron chi connectivity index (χ1n) is 8.89. The quantitative estimate of drug-likeness (QED) is 0.777. The molecular formula is C19H29N3O3. The number of morpholine rings is 1. The summed E-state index contributed by atoms with van der Waals surface area (Å²) >= 11 is 0. The van der Waals surface area contributed by atoms with Crippen LogP contribution in [0.2, 0.25) is 0 Å². The van der Waals surface area contributed by atoms with Crippen molar-refractivity contribution in [1.82, 2.24) is 15.5 Å². The van der Waals surface area contributed by atoms with Crippen molar-refractivity contribution in [3.05, 3.63) is 35.4 Å². The Morgan fingerprint density at radius 3 is 2.84 bits per heavy atom. The molecule has 1 aliphatic rings. The molecule has 1 fully saturated rings. The van der Waals surface area contributed by atoms with Crippen molar-refractivity contribution in [2.75, 3.05) is 39.3 Å². The summed E-state index contributed by atoms with van der Waals surface area (Å²) in [7, 11) is 0. The maximum Gasteiger partial charge on any atom is 0.251 e. The van der Waals surface area contributed by atoms with Crippen molar-refractivity contribution in [2.45, 2.75) is 26.9 Å². The smallest absolute Gasteiger partial charge is 0.251 e. The number of carbonyl (C=O) groups is 2. The number of carbonyl (C=O) groups excluding carboxylic acids is 2. The van der Waals surface area contributed by atoms with Crippen LogP contribution in [0.25, 0.3) is 0 Å². The van der Waals surface area contributed by atoms with Gasteiger partial charge in [-0.15, -0.1) is 0 Å². The fourth-order valence-corrected chi connectivity index (χ4v) is 2.93. The van der Waals surface area contributed by atoms with Crippen LogP contribution in [-0.2, 0) is 9.53 Å². The van der Waals surface area contributed by atoms with Gasteiger partial charge in [-0.1, -0.05) is 31.5 Å². The second-order valence-corrected chi connectivity index (χ2v) is 7.00. The van der Waals surface area contributed by atoms with Gasteiger partial charge >= 0.3 is 0 Å². The van der Waals surface area contributed by atoms with E-state index < -0.39 is 0 Å². The molecule has 2 rings (SSSR count). The summed E-state index contributed by atoms with van der Waals surface area (Å²) in [6.07, 6.45) is 0.00363. The molecule has 0 bridgehead atoms. The Morgan fingerprint density at radius 2 is 2.12 bits per heavy atom. The van der Waals surface area contributed by atoms with Crippen LogP contribution in [0.1, 0.15) is 29.8 Å². The first-order chi connectivity index (χ1) is 11.9. The Labute approximate surface area is 149 Å². The molecule has 0 aromatic heterocycles. The third kappa shape index (κ3) is 6.84. The van der Waals surface area contributed by atoms with Gasteiger partial charge < -0.3 is 15.4 Å². The van der Waals surface area contributed by atoms with Gasteiger partial charge in [-0.2, -0.15) is 0 Å². The lowest BCUT2D eigenvalue weighted by Gasteiger charge is -2.33. The molecule has 0 saturated carbocycles. The molecule has 138 valence electrons.